The molecule has 1 saturated heterocycles. The molecular weight excluding hydrogens is 488 g/mol. The average Bonchev–Trinajstić information content (AvgIpc) is 3.73. The predicted octanol–water partition coefficient (Wildman–Crippen LogP) is 3.82. The third kappa shape index (κ3) is 8.04. The number of aryl methyl sites for hydroxylation is 1. The van der Waals surface area contributed by atoms with Gasteiger partial charge in [-0.15, -0.1) is 0 Å². The SMILES string of the molecule is O=C(CCc1ccccc1)N(CCN1CCOCC1)CC(=O)N(Cc1cccn1Cc1ccccc1)C1CC1. The fourth-order valence-electron chi connectivity index (χ4n) is 5.20. The largest absolute Gasteiger partial charge is 0.379 e. The van der Waals surface area contributed by atoms with E-state index in [1.807, 2.05) is 29.2 Å². The van der Waals surface area contributed by atoms with Crippen LogP contribution in [0.2, 0.25) is 0 Å². The number of carbonyl (C=O) groups excluding carboxylic acids is 2. The van der Waals surface area contributed by atoms with Crippen molar-refractivity contribution < 1.29 is 14.3 Å². The van der Waals surface area contributed by atoms with Gasteiger partial charge in [-0.2, -0.15) is 0 Å². The molecule has 2 aliphatic rings. The molecule has 0 unspecified atom stereocenters. The minimum atomic E-state index is 0.0417. The topological polar surface area (TPSA) is 58.0 Å². The maximum atomic E-state index is 13.7. The highest BCUT2D eigenvalue weighted by Crippen LogP contribution is 2.29. The first-order chi connectivity index (χ1) is 19.2. The molecule has 0 spiro atoms. The van der Waals surface area contributed by atoms with Crippen LogP contribution in [0.1, 0.15) is 36.1 Å². The number of morpholine rings is 1. The van der Waals surface area contributed by atoms with Crippen LogP contribution in [0.5, 0.6) is 0 Å². The van der Waals surface area contributed by atoms with Gasteiger partial charge in [0.2, 0.25) is 11.8 Å². The molecule has 206 valence electrons. The van der Waals surface area contributed by atoms with Gasteiger partial charge in [0, 0.05) is 57.1 Å². The number of nitrogens with zero attached hydrogens (tertiary/aromatic N) is 4. The summed E-state index contributed by atoms with van der Waals surface area (Å²) in [6.07, 6.45) is 5.23. The maximum Gasteiger partial charge on any atom is 0.242 e. The number of rotatable bonds is 13. The minimum absolute atomic E-state index is 0.0417. The van der Waals surface area contributed by atoms with Gasteiger partial charge in [0.15, 0.2) is 0 Å². The quantitative estimate of drug-likeness (QED) is 0.339. The lowest BCUT2D eigenvalue weighted by Gasteiger charge is -2.31. The maximum absolute atomic E-state index is 13.7. The molecule has 1 aliphatic heterocycles. The van der Waals surface area contributed by atoms with Gasteiger partial charge >= 0.3 is 0 Å². The Kier molecular flexibility index (Phi) is 9.46. The van der Waals surface area contributed by atoms with Crippen molar-refractivity contribution >= 4 is 11.8 Å². The Bertz CT molecular complexity index is 1190. The number of amides is 2. The molecule has 39 heavy (non-hydrogen) atoms. The fourth-order valence-corrected chi connectivity index (χ4v) is 5.20. The number of carbonyl (C=O) groups is 2. The van der Waals surface area contributed by atoms with E-state index in [2.05, 4.69) is 64.2 Å². The Morgan fingerprint density at radius 2 is 1.54 bits per heavy atom. The van der Waals surface area contributed by atoms with Gasteiger partial charge in [-0.3, -0.25) is 14.5 Å². The molecule has 0 radical (unpaired) electrons. The van der Waals surface area contributed by atoms with E-state index >= 15 is 0 Å². The summed E-state index contributed by atoms with van der Waals surface area (Å²) >= 11 is 0. The van der Waals surface area contributed by atoms with Gasteiger partial charge in [0.05, 0.1) is 26.3 Å². The fraction of sp³-hybridized carbons (Fsp3) is 0.438. The van der Waals surface area contributed by atoms with E-state index in [0.29, 0.717) is 25.9 Å². The molecule has 2 amide bonds. The number of hydrogen-bond donors (Lipinski definition) is 0. The van der Waals surface area contributed by atoms with E-state index in [1.54, 1.807) is 4.90 Å². The Labute approximate surface area is 232 Å². The molecule has 7 heteroatoms. The zero-order chi connectivity index (χ0) is 26.9. The number of hydrogen-bond acceptors (Lipinski definition) is 4. The lowest BCUT2D eigenvalue weighted by Crippen LogP contribution is -2.47. The summed E-state index contributed by atoms with van der Waals surface area (Å²) in [5.41, 5.74) is 3.50. The second kappa shape index (κ2) is 13.6. The monoisotopic (exact) mass is 528 g/mol. The van der Waals surface area contributed by atoms with Gasteiger partial charge in [-0.1, -0.05) is 60.7 Å². The van der Waals surface area contributed by atoms with Crippen molar-refractivity contribution in [3.63, 3.8) is 0 Å². The summed E-state index contributed by atoms with van der Waals surface area (Å²) in [5, 5.41) is 0. The number of benzene rings is 2. The van der Waals surface area contributed by atoms with Crippen molar-refractivity contribution in [2.75, 3.05) is 45.9 Å². The van der Waals surface area contributed by atoms with Crippen LogP contribution in [0, 0.1) is 0 Å². The highest BCUT2D eigenvalue weighted by molar-refractivity contribution is 5.85. The van der Waals surface area contributed by atoms with Gasteiger partial charge < -0.3 is 19.1 Å². The molecule has 1 aromatic heterocycles. The molecule has 0 atom stereocenters. The summed E-state index contributed by atoms with van der Waals surface area (Å²) in [6, 6.07) is 24.9. The lowest BCUT2D eigenvalue weighted by molar-refractivity contribution is -0.141. The second-order valence-corrected chi connectivity index (χ2v) is 10.6. The summed E-state index contributed by atoms with van der Waals surface area (Å²) in [4.78, 5) is 33.3. The van der Waals surface area contributed by atoms with Crippen LogP contribution in [0.4, 0.5) is 0 Å². The Morgan fingerprint density at radius 1 is 0.846 bits per heavy atom. The first-order valence-electron chi connectivity index (χ1n) is 14.2. The van der Waals surface area contributed by atoms with Crippen LogP contribution < -0.4 is 0 Å². The normalized spacial score (nSPS) is 15.7. The van der Waals surface area contributed by atoms with E-state index < -0.39 is 0 Å². The van der Waals surface area contributed by atoms with E-state index in [1.165, 1.54) is 5.56 Å². The van der Waals surface area contributed by atoms with Crippen LogP contribution in [0.3, 0.4) is 0 Å². The van der Waals surface area contributed by atoms with E-state index in [4.69, 9.17) is 4.74 Å². The van der Waals surface area contributed by atoms with Crippen molar-refractivity contribution in [1.29, 1.82) is 0 Å². The van der Waals surface area contributed by atoms with Crippen molar-refractivity contribution in [3.8, 4) is 0 Å². The van der Waals surface area contributed by atoms with Crippen LogP contribution in [-0.4, -0.2) is 83.1 Å². The molecular formula is C32H40N4O3. The van der Waals surface area contributed by atoms with E-state index in [-0.39, 0.29) is 24.4 Å². The van der Waals surface area contributed by atoms with E-state index in [0.717, 1.165) is 63.5 Å². The summed E-state index contributed by atoms with van der Waals surface area (Å²) < 4.78 is 7.70. The first-order valence-corrected chi connectivity index (χ1v) is 14.2. The van der Waals surface area contributed by atoms with Gasteiger partial charge in [-0.05, 0) is 42.5 Å². The molecule has 7 nitrogen and oxygen atoms in total. The molecule has 2 heterocycles. The molecule has 2 fully saturated rings. The van der Waals surface area contributed by atoms with Crippen molar-refractivity contribution in [1.82, 2.24) is 19.3 Å². The second-order valence-electron chi connectivity index (χ2n) is 10.6. The van der Waals surface area contributed by atoms with Crippen LogP contribution >= 0.6 is 0 Å². The van der Waals surface area contributed by atoms with Crippen molar-refractivity contribution in [3.05, 3.63) is 95.8 Å². The van der Waals surface area contributed by atoms with Crippen molar-refractivity contribution in [2.24, 2.45) is 0 Å². The zero-order valence-corrected chi connectivity index (χ0v) is 22.8. The molecule has 0 N–H and O–H groups in total. The van der Waals surface area contributed by atoms with Gasteiger partial charge in [-0.25, -0.2) is 0 Å². The molecule has 2 aromatic carbocycles. The van der Waals surface area contributed by atoms with E-state index in [9.17, 15) is 9.59 Å². The third-order valence-electron chi connectivity index (χ3n) is 7.70. The molecule has 1 saturated carbocycles. The highest BCUT2D eigenvalue weighted by Gasteiger charge is 2.34. The Balaban J connectivity index is 1.24. The predicted molar refractivity (Wildman–Crippen MR) is 152 cm³/mol. The zero-order valence-electron chi connectivity index (χ0n) is 22.8. The summed E-state index contributed by atoms with van der Waals surface area (Å²) in [5.74, 6) is 0.0867. The smallest absolute Gasteiger partial charge is 0.242 e. The third-order valence-corrected chi connectivity index (χ3v) is 7.70. The summed E-state index contributed by atoms with van der Waals surface area (Å²) in [6.45, 7) is 5.97. The molecule has 3 aromatic rings. The number of aromatic nitrogens is 1. The molecule has 5 rings (SSSR count). The minimum Gasteiger partial charge on any atom is -0.379 e. The number of ether oxygens (including phenoxy) is 1. The van der Waals surface area contributed by atoms with Crippen LogP contribution in [0.15, 0.2) is 79.0 Å². The molecule has 0 bridgehead atoms. The van der Waals surface area contributed by atoms with Crippen molar-refractivity contribution in [2.45, 2.75) is 44.8 Å². The standard InChI is InChI=1S/C32H40N4O3/c37-31(16-13-27-8-3-1-4-9-27)35(19-18-33-20-22-39-23-21-33)26-32(38)36(29-14-15-29)25-30-12-7-17-34(30)24-28-10-5-2-6-11-28/h1-12,17,29H,13-16,18-26H2. The average molecular weight is 529 g/mol. The Morgan fingerprint density at radius 3 is 2.23 bits per heavy atom. The van der Waals surface area contributed by atoms with Gasteiger partial charge in [0.1, 0.15) is 0 Å². The van der Waals surface area contributed by atoms with Crippen LogP contribution in [0.25, 0.3) is 0 Å². The van der Waals surface area contributed by atoms with Gasteiger partial charge in [0.25, 0.3) is 0 Å². The first kappa shape index (κ1) is 27.2. The van der Waals surface area contributed by atoms with Crippen LogP contribution in [-0.2, 0) is 33.8 Å². The molecule has 1 aliphatic carbocycles. The Hall–Kier alpha value is -3.42. The lowest BCUT2D eigenvalue weighted by atomic mass is 10.1. The highest BCUT2D eigenvalue weighted by atomic mass is 16.5. The summed E-state index contributed by atoms with van der Waals surface area (Å²) in [7, 11) is 0.